The average molecular weight is 466 g/mol. The maximum atomic E-state index is 13.7. The summed E-state index contributed by atoms with van der Waals surface area (Å²) in [5.74, 6) is -0.918. The molecule has 1 saturated heterocycles. The molecular weight excluding hydrogens is 432 g/mol. The number of carbonyl (C=O) groups excluding carboxylic acids is 1. The Balaban J connectivity index is 1.02. The molecule has 3 fully saturated rings. The Kier molecular flexibility index (Phi) is 5.47. The molecule has 0 bridgehead atoms. The van der Waals surface area contributed by atoms with E-state index in [1.807, 2.05) is 4.90 Å². The van der Waals surface area contributed by atoms with Gasteiger partial charge in [-0.3, -0.25) is 14.7 Å². The molecule has 2 aromatic rings. The number of hydrogen-bond acceptors (Lipinski definition) is 3. The molecule has 0 radical (unpaired) electrons. The van der Waals surface area contributed by atoms with E-state index in [2.05, 4.69) is 40.2 Å². The van der Waals surface area contributed by atoms with E-state index in [1.165, 1.54) is 37.4 Å². The van der Waals surface area contributed by atoms with E-state index in [1.54, 1.807) is 6.07 Å². The molecule has 1 aromatic heterocycles. The van der Waals surface area contributed by atoms with Gasteiger partial charge in [0.15, 0.2) is 0 Å². The average Bonchev–Trinajstić information content (AvgIpc) is 3.35. The van der Waals surface area contributed by atoms with Crippen molar-refractivity contribution in [2.24, 2.45) is 17.8 Å². The van der Waals surface area contributed by atoms with Crippen molar-refractivity contribution in [2.45, 2.75) is 63.5 Å². The molecule has 34 heavy (non-hydrogen) atoms. The Morgan fingerprint density at radius 1 is 1.06 bits per heavy atom. The third-order valence-corrected chi connectivity index (χ3v) is 8.85. The van der Waals surface area contributed by atoms with Gasteiger partial charge in [-0.15, -0.1) is 0 Å². The Morgan fingerprint density at radius 2 is 1.76 bits per heavy atom. The molecule has 1 aromatic carbocycles. The first-order valence-corrected chi connectivity index (χ1v) is 12.8. The number of likely N-dealkylation sites (tertiary alicyclic amines) is 1. The van der Waals surface area contributed by atoms with E-state index in [-0.39, 0.29) is 17.4 Å². The van der Waals surface area contributed by atoms with E-state index >= 15 is 0 Å². The SMILES string of the molecule is CC(F)(F)c1cnc2c(c1)CN(C(=O)C1[C@H]3CN(C4CCC(c5ccccc5)CC4)C[C@@H]13)CC2. The van der Waals surface area contributed by atoms with Gasteiger partial charge in [0.1, 0.15) is 0 Å². The van der Waals surface area contributed by atoms with Gasteiger partial charge in [-0.1, -0.05) is 30.3 Å². The maximum absolute atomic E-state index is 13.7. The number of halogens is 2. The minimum absolute atomic E-state index is 0.0681. The highest BCUT2D eigenvalue weighted by Gasteiger charge is 2.60. The molecule has 2 saturated carbocycles. The van der Waals surface area contributed by atoms with Crippen molar-refractivity contribution in [3.05, 3.63) is 65.0 Å². The number of rotatable bonds is 4. The highest BCUT2D eigenvalue weighted by atomic mass is 19.3. The zero-order valence-electron chi connectivity index (χ0n) is 19.8. The van der Waals surface area contributed by atoms with Gasteiger partial charge in [-0.2, -0.15) is 0 Å². The zero-order chi connectivity index (χ0) is 23.4. The van der Waals surface area contributed by atoms with Crippen LogP contribution in [0, 0.1) is 17.8 Å². The Bertz CT molecular complexity index is 1050. The van der Waals surface area contributed by atoms with Crippen LogP contribution < -0.4 is 0 Å². The quantitative estimate of drug-likeness (QED) is 0.639. The summed E-state index contributed by atoms with van der Waals surface area (Å²) < 4.78 is 27.5. The molecule has 6 rings (SSSR count). The minimum Gasteiger partial charge on any atom is -0.338 e. The molecule has 2 aliphatic carbocycles. The van der Waals surface area contributed by atoms with Crippen LogP contribution in [-0.4, -0.2) is 46.4 Å². The van der Waals surface area contributed by atoms with Gasteiger partial charge in [0.05, 0.1) is 0 Å². The third kappa shape index (κ3) is 4.04. The number of carbonyl (C=O) groups is 1. The summed E-state index contributed by atoms with van der Waals surface area (Å²) in [7, 11) is 0. The van der Waals surface area contributed by atoms with E-state index in [9.17, 15) is 13.6 Å². The first kappa shape index (κ1) is 22.1. The molecular formula is C28H33F2N3O. The number of fused-ring (bicyclic) bond motifs is 2. The normalized spacial score (nSPS) is 31.1. The van der Waals surface area contributed by atoms with Gasteiger partial charge in [0.2, 0.25) is 5.91 Å². The lowest BCUT2D eigenvalue weighted by Crippen LogP contribution is -2.42. The molecule has 3 atom stereocenters. The topological polar surface area (TPSA) is 36.4 Å². The predicted octanol–water partition coefficient (Wildman–Crippen LogP) is 4.98. The Labute approximate surface area is 200 Å². The van der Waals surface area contributed by atoms with Crippen LogP contribution in [0.1, 0.15) is 60.9 Å². The van der Waals surface area contributed by atoms with Crippen molar-refractivity contribution in [1.29, 1.82) is 0 Å². The second kappa shape index (κ2) is 8.40. The molecule has 1 amide bonds. The number of hydrogen-bond donors (Lipinski definition) is 0. The van der Waals surface area contributed by atoms with Gasteiger partial charge < -0.3 is 4.90 Å². The molecule has 6 heteroatoms. The first-order valence-electron chi connectivity index (χ1n) is 12.8. The lowest BCUT2D eigenvalue weighted by Gasteiger charge is -2.36. The summed E-state index contributed by atoms with van der Waals surface area (Å²) in [6.45, 7) is 4.03. The number of benzene rings is 1. The number of amides is 1. The first-order chi connectivity index (χ1) is 16.4. The van der Waals surface area contributed by atoms with Crippen LogP contribution in [0.5, 0.6) is 0 Å². The van der Waals surface area contributed by atoms with Crippen molar-refractivity contribution < 1.29 is 13.6 Å². The molecule has 180 valence electrons. The molecule has 1 unspecified atom stereocenters. The van der Waals surface area contributed by atoms with Crippen LogP contribution in [0.25, 0.3) is 0 Å². The fourth-order valence-corrected chi connectivity index (χ4v) is 6.79. The monoisotopic (exact) mass is 465 g/mol. The Morgan fingerprint density at radius 3 is 2.44 bits per heavy atom. The summed E-state index contributed by atoms with van der Waals surface area (Å²) in [4.78, 5) is 22.1. The second-order valence-corrected chi connectivity index (χ2v) is 11.0. The number of pyridine rings is 1. The Hall–Kier alpha value is -2.34. The van der Waals surface area contributed by atoms with Crippen LogP contribution in [0.4, 0.5) is 8.78 Å². The predicted molar refractivity (Wildman–Crippen MR) is 126 cm³/mol. The maximum Gasteiger partial charge on any atom is 0.272 e. The molecule has 3 heterocycles. The van der Waals surface area contributed by atoms with Crippen LogP contribution >= 0.6 is 0 Å². The molecule has 0 spiro atoms. The van der Waals surface area contributed by atoms with Crippen LogP contribution in [0.3, 0.4) is 0 Å². The van der Waals surface area contributed by atoms with E-state index in [0.29, 0.717) is 43.3 Å². The molecule has 4 nitrogen and oxygen atoms in total. The summed E-state index contributed by atoms with van der Waals surface area (Å²) >= 11 is 0. The van der Waals surface area contributed by atoms with Crippen LogP contribution in [0.2, 0.25) is 0 Å². The summed E-state index contributed by atoms with van der Waals surface area (Å²) in [5, 5.41) is 0. The molecule has 2 aliphatic heterocycles. The highest BCUT2D eigenvalue weighted by molar-refractivity contribution is 5.83. The smallest absolute Gasteiger partial charge is 0.272 e. The lowest BCUT2D eigenvalue weighted by molar-refractivity contribution is -0.134. The highest BCUT2D eigenvalue weighted by Crippen LogP contribution is 2.54. The van der Waals surface area contributed by atoms with Gasteiger partial charge in [0, 0.05) is 68.9 Å². The van der Waals surface area contributed by atoms with E-state index in [4.69, 9.17) is 0 Å². The number of nitrogens with zero attached hydrogens (tertiary/aromatic N) is 3. The summed E-state index contributed by atoms with van der Waals surface area (Å²) in [6, 6.07) is 13.1. The van der Waals surface area contributed by atoms with Gasteiger partial charge in [-0.05, 0) is 60.6 Å². The van der Waals surface area contributed by atoms with Crippen molar-refractivity contribution >= 4 is 5.91 Å². The van der Waals surface area contributed by atoms with Gasteiger partial charge in [0.25, 0.3) is 5.92 Å². The van der Waals surface area contributed by atoms with E-state index in [0.717, 1.165) is 31.3 Å². The van der Waals surface area contributed by atoms with Gasteiger partial charge in [-0.25, -0.2) is 8.78 Å². The van der Waals surface area contributed by atoms with Gasteiger partial charge >= 0.3 is 0 Å². The van der Waals surface area contributed by atoms with Crippen molar-refractivity contribution in [3.8, 4) is 0 Å². The van der Waals surface area contributed by atoms with Crippen LogP contribution in [0.15, 0.2) is 42.6 Å². The third-order valence-electron chi connectivity index (χ3n) is 8.85. The zero-order valence-corrected chi connectivity index (χ0v) is 19.8. The van der Waals surface area contributed by atoms with Crippen molar-refractivity contribution in [3.63, 3.8) is 0 Å². The summed E-state index contributed by atoms with van der Waals surface area (Å²) in [5.41, 5.74) is 3.04. The number of aromatic nitrogens is 1. The fraction of sp³-hybridized carbons (Fsp3) is 0.571. The fourth-order valence-electron chi connectivity index (χ4n) is 6.79. The number of piperidine rings is 1. The second-order valence-electron chi connectivity index (χ2n) is 11.0. The lowest BCUT2D eigenvalue weighted by atomic mass is 9.81. The van der Waals surface area contributed by atoms with E-state index < -0.39 is 5.92 Å². The van der Waals surface area contributed by atoms with Crippen molar-refractivity contribution in [1.82, 2.24) is 14.8 Å². The summed E-state index contributed by atoms with van der Waals surface area (Å²) in [6.07, 6.45) is 6.93. The standard InChI is InChI=1S/C28H33F2N3O/c1-28(29,30)21-13-20-15-32(12-11-25(20)31-14-21)27(34)26-23-16-33(17-24(23)26)22-9-7-19(8-10-22)18-5-3-2-4-6-18/h2-6,13-14,19,22-24,26H,7-12,15-17H2,1H3/t19?,22?,23-,24+,26?. The largest absolute Gasteiger partial charge is 0.338 e. The molecule has 4 aliphatic rings. The van der Waals surface area contributed by atoms with Crippen LogP contribution in [-0.2, 0) is 23.7 Å². The molecule has 0 N–H and O–H groups in total. The minimum atomic E-state index is -2.91. The van der Waals surface area contributed by atoms with Crippen molar-refractivity contribution in [2.75, 3.05) is 19.6 Å². The number of alkyl halides is 2.